The number of benzene rings is 2. The number of halogens is 1. The lowest BCUT2D eigenvalue weighted by Crippen LogP contribution is -2.48. The molecular formula is C20H26FN3O4S. The summed E-state index contributed by atoms with van der Waals surface area (Å²) >= 11 is 0. The van der Waals surface area contributed by atoms with Crippen molar-refractivity contribution in [3.8, 4) is 5.75 Å². The molecule has 0 fully saturated rings. The van der Waals surface area contributed by atoms with Crippen molar-refractivity contribution in [2.75, 3.05) is 31.6 Å². The normalized spacial score (nSPS) is 12.5. The van der Waals surface area contributed by atoms with Crippen LogP contribution >= 0.6 is 0 Å². The molecule has 2 rings (SSSR count). The molecule has 0 aliphatic rings. The molecule has 0 spiro atoms. The Balaban J connectivity index is 2.08. The second-order valence-electron chi connectivity index (χ2n) is 6.79. The molecule has 0 bridgehead atoms. The summed E-state index contributed by atoms with van der Waals surface area (Å²) in [5.41, 5.74) is 0.772. The van der Waals surface area contributed by atoms with Gasteiger partial charge >= 0.3 is 10.2 Å². The van der Waals surface area contributed by atoms with Gasteiger partial charge in [-0.2, -0.15) is 12.7 Å². The summed E-state index contributed by atoms with van der Waals surface area (Å²) in [6.45, 7) is 3.30. The Morgan fingerprint density at radius 2 is 1.76 bits per heavy atom. The van der Waals surface area contributed by atoms with E-state index in [-0.39, 0.29) is 18.3 Å². The molecule has 29 heavy (non-hydrogen) atoms. The number of aryl methyl sites for hydroxylation is 1. The van der Waals surface area contributed by atoms with Crippen LogP contribution in [0.3, 0.4) is 0 Å². The number of carbonyl (C=O) groups is 1. The summed E-state index contributed by atoms with van der Waals surface area (Å²) in [6, 6.07) is 12.5. The highest BCUT2D eigenvalue weighted by Crippen LogP contribution is 2.22. The largest absolute Gasteiger partial charge is 0.491 e. The Labute approximate surface area is 171 Å². The lowest BCUT2D eigenvalue weighted by molar-refractivity contribution is -0.120. The minimum absolute atomic E-state index is 0.194. The SMILES string of the molecule is Cc1ccccc1OC[C@H](C)NC(=O)CN(c1ccccc1F)S(=O)(=O)N(C)C. The molecule has 0 aliphatic heterocycles. The van der Waals surface area contributed by atoms with Gasteiger partial charge in [-0.25, -0.2) is 8.70 Å². The van der Waals surface area contributed by atoms with Gasteiger partial charge in [0.05, 0.1) is 11.7 Å². The van der Waals surface area contributed by atoms with E-state index in [1.807, 2.05) is 31.2 Å². The summed E-state index contributed by atoms with van der Waals surface area (Å²) in [4.78, 5) is 12.5. The lowest BCUT2D eigenvalue weighted by Gasteiger charge is -2.27. The van der Waals surface area contributed by atoms with E-state index in [0.717, 1.165) is 20.2 Å². The highest BCUT2D eigenvalue weighted by molar-refractivity contribution is 7.90. The summed E-state index contributed by atoms with van der Waals surface area (Å²) in [5, 5.41) is 2.69. The number of ether oxygens (including phenoxy) is 1. The third-order valence-corrected chi connectivity index (χ3v) is 5.94. The van der Waals surface area contributed by atoms with Crippen molar-refractivity contribution in [2.45, 2.75) is 19.9 Å². The summed E-state index contributed by atoms with van der Waals surface area (Å²) in [6.07, 6.45) is 0. The van der Waals surface area contributed by atoms with Crippen LogP contribution in [0.5, 0.6) is 5.75 Å². The van der Waals surface area contributed by atoms with Crippen molar-refractivity contribution >= 4 is 21.8 Å². The molecule has 0 saturated heterocycles. The van der Waals surface area contributed by atoms with Crippen molar-refractivity contribution in [1.82, 2.24) is 9.62 Å². The van der Waals surface area contributed by atoms with E-state index in [4.69, 9.17) is 4.74 Å². The molecule has 0 saturated carbocycles. The van der Waals surface area contributed by atoms with Crippen LogP contribution < -0.4 is 14.4 Å². The minimum Gasteiger partial charge on any atom is -0.491 e. The molecule has 0 aromatic heterocycles. The molecule has 0 unspecified atom stereocenters. The van der Waals surface area contributed by atoms with E-state index in [9.17, 15) is 17.6 Å². The maximum Gasteiger partial charge on any atom is 0.304 e. The van der Waals surface area contributed by atoms with Crippen LogP contribution in [-0.2, 0) is 15.0 Å². The zero-order chi connectivity index (χ0) is 21.6. The third kappa shape index (κ3) is 5.91. The van der Waals surface area contributed by atoms with Crippen LogP contribution in [0.25, 0.3) is 0 Å². The van der Waals surface area contributed by atoms with E-state index in [0.29, 0.717) is 5.75 Å². The van der Waals surface area contributed by atoms with E-state index in [1.165, 1.54) is 32.3 Å². The van der Waals surface area contributed by atoms with Crippen molar-refractivity contribution in [2.24, 2.45) is 0 Å². The molecule has 158 valence electrons. The van der Waals surface area contributed by atoms with Gasteiger partial charge in [0.1, 0.15) is 24.7 Å². The molecule has 0 heterocycles. The number of hydrogen-bond acceptors (Lipinski definition) is 4. The fourth-order valence-electron chi connectivity index (χ4n) is 2.57. The topological polar surface area (TPSA) is 79.0 Å². The molecule has 1 amide bonds. The Bertz CT molecular complexity index is 950. The van der Waals surface area contributed by atoms with Gasteiger partial charge in [-0.05, 0) is 37.6 Å². The molecule has 9 heteroatoms. The first-order chi connectivity index (χ1) is 13.6. The average molecular weight is 424 g/mol. The standard InChI is InChI=1S/C20H26FN3O4S/c1-15-9-5-8-12-19(15)28-14-16(2)22-20(25)13-24(29(26,27)23(3)4)18-11-7-6-10-17(18)21/h5-12,16H,13-14H2,1-4H3,(H,22,25)/t16-/m0/s1. The van der Waals surface area contributed by atoms with Crippen molar-refractivity contribution in [3.05, 3.63) is 59.9 Å². The van der Waals surface area contributed by atoms with Crippen LogP contribution in [0.2, 0.25) is 0 Å². The van der Waals surface area contributed by atoms with Gasteiger partial charge < -0.3 is 10.1 Å². The molecule has 1 atom stereocenters. The number of nitrogens with zero attached hydrogens (tertiary/aromatic N) is 2. The predicted octanol–water partition coefficient (Wildman–Crippen LogP) is 2.33. The van der Waals surface area contributed by atoms with Crippen LogP contribution in [0, 0.1) is 12.7 Å². The maximum absolute atomic E-state index is 14.2. The zero-order valence-electron chi connectivity index (χ0n) is 16.9. The fourth-order valence-corrected chi connectivity index (χ4v) is 3.64. The number of nitrogens with one attached hydrogen (secondary N) is 1. The van der Waals surface area contributed by atoms with E-state index >= 15 is 0 Å². The Kier molecular flexibility index (Phi) is 7.58. The first kappa shape index (κ1) is 22.6. The van der Waals surface area contributed by atoms with Crippen LogP contribution in [0.15, 0.2) is 48.5 Å². The van der Waals surface area contributed by atoms with Crippen LogP contribution in [0.1, 0.15) is 12.5 Å². The summed E-state index contributed by atoms with van der Waals surface area (Å²) < 4.78 is 46.9. The van der Waals surface area contributed by atoms with Gasteiger partial charge in [-0.15, -0.1) is 0 Å². The Morgan fingerprint density at radius 1 is 1.14 bits per heavy atom. The monoisotopic (exact) mass is 423 g/mol. The van der Waals surface area contributed by atoms with Gasteiger partial charge in [-0.3, -0.25) is 4.79 Å². The van der Waals surface area contributed by atoms with Crippen molar-refractivity contribution < 1.29 is 22.3 Å². The second kappa shape index (κ2) is 9.71. The van der Waals surface area contributed by atoms with Crippen LogP contribution in [-0.4, -0.2) is 51.9 Å². The molecule has 2 aromatic rings. The van der Waals surface area contributed by atoms with E-state index in [2.05, 4.69) is 5.32 Å². The third-order valence-electron chi connectivity index (χ3n) is 4.14. The van der Waals surface area contributed by atoms with E-state index < -0.39 is 28.5 Å². The first-order valence-corrected chi connectivity index (χ1v) is 10.4. The quantitative estimate of drug-likeness (QED) is 0.672. The average Bonchev–Trinajstić information content (AvgIpc) is 2.66. The Morgan fingerprint density at radius 3 is 2.38 bits per heavy atom. The van der Waals surface area contributed by atoms with Gasteiger partial charge in [-0.1, -0.05) is 30.3 Å². The smallest absolute Gasteiger partial charge is 0.304 e. The van der Waals surface area contributed by atoms with Crippen molar-refractivity contribution in [3.63, 3.8) is 0 Å². The van der Waals surface area contributed by atoms with Crippen molar-refractivity contribution in [1.29, 1.82) is 0 Å². The number of para-hydroxylation sites is 2. The number of anilines is 1. The van der Waals surface area contributed by atoms with Gasteiger partial charge in [0.15, 0.2) is 0 Å². The zero-order valence-corrected chi connectivity index (χ0v) is 17.7. The minimum atomic E-state index is -4.07. The number of hydrogen-bond donors (Lipinski definition) is 1. The summed E-state index contributed by atoms with van der Waals surface area (Å²) in [5.74, 6) is -0.599. The molecule has 1 N–H and O–H groups in total. The fraction of sp³-hybridized carbons (Fsp3) is 0.350. The number of carbonyl (C=O) groups excluding carboxylic acids is 1. The molecular weight excluding hydrogens is 397 g/mol. The Hall–Kier alpha value is -2.65. The molecule has 7 nitrogen and oxygen atoms in total. The predicted molar refractivity (Wildman–Crippen MR) is 111 cm³/mol. The maximum atomic E-state index is 14.2. The first-order valence-electron chi connectivity index (χ1n) is 9.05. The van der Waals surface area contributed by atoms with Gasteiger partial charge in [0.25, 0.3) is 0 Å². The molecule has 0 aliphatic carbocycles. The summed E-state index contributed by atoms with van der Waals surface area (Å²) in [7, 11) is -1.43. The van der Waals surface area contributed by atoms with Crippen LogP contribution in [0.4, 0.5) is 10.1 Å². The number of rotatable bonds is 9. The highest BCUT2D eigenvalue weighted by Gasteiger charge is 2.29. The highest BCUT2D eigenvalue weighted by atomic mass is 32.2. The molecule has 2 aromatic carbocycles. The van der Waals surface area contributed by atoms with Gasteiger partial charge in [0, 0.05) is 14.1 Å². The lowest BCUT2D eigenvalue weighted by atomic mass is 10.2. The van der Waals surface area contributed by atoms with E-state index in [1.54, 1.807) is 6.92 Å². The molecule has 0 radical (unpaired) electrons. The number of amides is 1. The van der Waals surface area contributed by atoms with Gasteiger partial charge in [0.2, 0.25) is 5.91 Å². The second-order valence-corrected chi connectivity index (χ2v) is 8.86.